The number of thiocarbonyl (C=S) groups is 1. The van der Waals surface area contributed by atoms with Crippen molar-refractivity contribution in [2.75, 3.05) is 19.1 Å². The van der Waals surface area contributed by atoms with Crippen molar-refractivity contribution in [3.63, 3.8) is 0 Å². The summed E-state index contributed by atoms with van der Waals surface area (Å²) in [5, 5.41) is 9.35. The summed E-state index contributed by atoms with van der Waals surface area (Å²) in [6.45, 7) is 0. The van der Waals surface area contributed by atoms with Gasteiger partial charge in [-0.3, -0.25) is 0 Å². The van der Waals surface area contributed by atoms with Crippen LogP contribution in [0.2, 0.25) is 0 Å². The van der Waals surface area contributed by atoms with Gasteiger partial charge in [0.1, 0.15) is 16.5 Å². The first kappa shape index (κ1) is 14.1. The van der Waals surface area contributed by atoms with E-state index in [-0.39, 0.29) is 5.75 Å². The average molecular weight is 288 g/mol. The maximum absolute atomic E-state index is 9.35. The van der Waals surface area contributed by atoms with E-state index in [1.54, 1.807) is 19.2 Å². The third kappa shape index (κ3) is 2.83. The Morgan fingerprint density at radius 2 is 1.85 bits per heavy atom. The first-order valence-corrected chi connectivity index (χ1v) is 6.44. The highest BCUT2D eigenvalue weighted by Gasteiger charge is 2.12. The first-order chi connectivity index (χ1) is 9.52. The average Bonchev–Trinajstić information content (AvgIpc) is 2.46. The molecule has 0 amide bonds. The van der Waals surface area contributed by atoms with E-state index in [0.29, 0.717) is 4.99 Å². The van der Waals surface area contributed by atoms with Crippen molar-refractivity contribution in [3.8, 4) is 11.5 Å². The molecule has 0 aliphatic heterocycles. The zero-order valence-electron chi connectivity index (χ0n) is 11.3. The summed E-state index contributed by atoms with van der Waals surface area (Å²) < 4.78 is 5.24. The Kier molecular flexibility index (Phi) is 4.10. The minimum atomic E-state index is 0.224. The van der Waals surface area contributed by atoms with E-state index in [4.69, 9.17) is 22.7 Å². The molecule has 0 unspecified atom stereocenters. The van der Waals surface area contributed by atoms with E-state index in [2.05, 4.69) is 0 Å². The Bertz CT molecular complexity index is 626. The topological polar surface area (TPSA) is 58.7 Å². The number of ether oxygens (including phenoxy) is 1. The normalized spacial score (nSPS) is 10.1. The van der Waals surface area contributed by atoms with Crippen LogP contribution in [-0.4, -0.2) is 24.3 Å². The van der Waals surface area contributed by atoms with Gasteiger partial charge in [0.15, 0.2) is 0 Å². The molecular weight excluding hydrogens is 272 g/mol. The lowest BCUT2D eigenvalue weighted by molar-refractivity contribution is 0.415. The largest absolute Gasteiger partial charge is 0.508 e. The zero-order chi connectivity index (χ0) is 14.7. The number of nitrogens with two attached hydrogens (primary N) is 1. The summed E-state index contributed by atoms with van der Waals surface area (Å²) >= 11 is 5.09. The van der Waals surface area contributed by atoms with Crippen molar-refractivity contribution in [1.29, 1.82) is 0 Å². The second kappa shape index (κ2) is 5.79. The number of phenols is 1. The minimum absolute atomic E-state index is 0.224. The van der Waals surface area contributed by atoms with Gasteiger partial charge < -0.3 is 20.5 Å². The van der Waals surface area contributed by atoms with Crippen LogP contribution in [0.15, 0.2) is 42.5 Å². The minimum Gasteiger partial charge on any atom is -0.508 e. The molecule has 20 heavy (non-hydrogen) atoms. The Balaban J connectivity index is 2.48. The van der Waals surface area contributed by atoms with Crippen LogP contribution >= 0.6 is 12.2 Å². The molecule has 2 aromatic rings. The molecule has 0 fully saturated rings. The number of methoxy groups -OCH3 is 1. The molecule has 5 heteroatoms. The fourth-order valence-corrected chi connectivity index (χ4v) is 2.11. The van der Waals surface area contributed by atoms with Gasteiger partial charge in [-0.2, -0.15) is 0 Å². The quantitative estimate of drug-likeness (QED) is 0.847. The molecule has 104 valence electrons. The second-order valence-corrected chi connectivity index (χ2v) is 4.76. The Hall–Kier alpha value is -2.27. The van der Waals surface area contributed by atoms with Crippen LogP contribution in [0.3, 0.4) is 0 Å². The van der Waals surface area contributed by atoms with Gasteiger partial charge in [0.2, 0.25) is 0 Å². The van der Waals surface area contributed by atoms with Crippen molar-refractivity contribution in [1.82, 2.24) is 0 Å². The fraction of sp³-hybridized carbons (Fsp3) is 0.133. The van der Waals surface area contributed by atoms with Gasteiger partial charge >= 0.3 is 0 Å². The first-order valence-electron chi connectivity index (χ1n) is 6.03. The molecule has 0 spiro atoms. The standard InChI is InChI=1S/C15H16N2O2S/c1-17(10-3-5-11(18)6-4-10)14-9-12(19-2)7-8-13(14)15(16)20/h3-9,18H,1-2H3,(H2,16,20). The molecule has 0 atom stereocenters. The van der Waals surface area contributed by atoms with Crippen molar-refractivity contribution in [2.45, 2.75) is 0 Å². The Morgan fingerprint density at radius 3 is 2.40 bits per heavy atom. The summed E-state index contributed by atoms with van der Waals surface area (Å²) in [5.41, 5.74) is 8.30. The smallest absolute Gasteiger partial charge is 0.120 e. The predicted octanol–water partition coefficient (Wildman–Crippen LogP) is 2.80. The number of phenolic OH excluding ortho intramolecular Hbond substituents is 1. The number of rotatable bonds is 4. The molecule has 2 aromatic carbocycles. The Labute approximate surface area is 123 Å². The maximum Gasteiger partial charge on any atom is 0.120 e. The molecule has 0 saturated heterocycles. The van der Waals surface area contributed by atoms with E-state index in [0.717, 1.165) is 22.7 Å². The maximum atomic E-state index is 9.35. The number of anilines is 2. The molecular formula is C15H16N2O2S. The third-order valence-corrected chi connectivity index (χ3v) is 3.29. The van der Waals surface area contributed by atoms with E-state index in [1.807, 2.05) is 42.3 Å². The Morgan fingerprint density at radius 1 is 1.20 bits per heavy atom. The summed E-state index contributed by atoms with van der Waals surface area (Å²) in [7, 11) is 3.52. The van der Waals surface area contributed by atoms with Crippen molar-refractivity contribution in [3.05, 3.63) is 48.0 Å². The molecule has 0 aromatic heterocycles. The highest BCUT2D eigenvalue weighted by molar-refractivity contribution is 7.80. The predicted molar refractivity (Wildman–Crippen MR) is 85.1 cm³/mol. The van der Waals surface area contributed by atoms with Gasteiger partial charge in [-0.25, -0.2) is 0 Å². The number of hydrogen-bond donors (Lipinski definition) is 2. The number of hydrogen-bond acceptors (Lipinski definition) is 4. The molecule has 4 nitrogen and oxygen atoms in total. The summed E-state index contributed by atoms with van der Waals surface area (Å²) in [5.74, 6) is 0.952. The molecule has 3 N–H and O–H groups in total. The number of benzene rings is 2. The van der Waals surface area contributed by atoms with Crippen molar-refractivity contribution < 1.29 is 9.84 Å². The lowest BCUT2D eigenvalue weighted by Gasteiger charge is -2.23. The highest BCUT2D eigenvalue weighted by Crippen LogP contribution is 2.31. The molecule has 0 radical (unpaired) electrons. The lowest BCUT2D eigenvalue weighted by Crippen LogP contribution is -2.17. The van der Waals surface area contributed by atoms with Crippen LogP contribution < -0.4 is 15.4 Å². The lowest BCUT2D eigenvalue weighted by atomic mass is 10.1. The summed E-state index contributed by atoms with van der Waals surface area (Å²) in [6.07, 6.45) is 0. The van der Waals surface area contributed by atoms with Crippen molar-refractivity contribution in [2.24, 2.45) is 5.73 Å². The molecule has 0 bridgehead atoms. The van der Waals surface area contributed by atoms with Crippen LogP contribution in [0, 0.1) is 0 Å². The zero-order valence-corrected chi connectivity index (χ0v) is 12.1. The fourth-order valence-electron chi connectivity index (χ4n) is 1.94. The van der Waals surface area contributed by atoms with E-state index in [9.17, 15) is 5.11 Å². The summed E-state index contributed by atoms with van der Waals surface area (Å²) in [6, 6.07) is 12.4. The van der Waals surface area contributed by atoms with E-state index >= 15 is 0 Å². The monoisotopic (exact) mass is 288 g/mol. The molecule has 0 heterocycles. The molecule has 0 aliphatic rings. The highest BCUT2D eigenvalue weighted by atomic mass is 32.1. The van der Waals surface area contributed by atoms with Gasteiger partial charge in [-0.05, 0) is 36.4 Å². The van der Waals surface area contributed by atoms with Gasteiger partial charge in [-0.15, -0.1) is 0 Å². The van der Waals surface area contributed by atoms with Crippen LogP contribution in [0.1, 0.15) is 5.56 Å². The molecule has 0 aliphatic carbocycles. The third-order valence-electron chi connectivity index (χ3n) is 3.07. The van der Waals surface area contributed by atoms with Gasteiger partial charge in [0.25, 0.3) is 0 Å². The van der Waals surface area contributed by atoms with Gasteiger partial charge in [0.05, 0.1) is 12.8 Å². The van der Waals surface area contributed by atoms with Crippen LogP contribution in [0.5, 0.6) is 11.5 Å². The van der Waals surface area contributed by atoms with Gasteiger partial charge in [0, 0.05) is 24.4 Å². The SMILES string of the molecule is COc1ccc(C(N)=S)c(N(C)c2ccc(O)cc2)c1. The second-order valence-electron chi connectivity index (χ2n) is 4.32. The van der Waals surface area contributed by atoms with E-state index < -0.39 is 0 Å². The van der Waals surface area contributed by atoms with Crippen LogP contribution in [-0.2, 0) is 0 Å². The summed E-state index contributed by atoms with van der Waals surface area (Å²) in [4.78, 5) is 2.27. The number of nitrogens with zero attached hydrogens (tertiary/aromatic N) is 1. The van der Waals surface area contributed by atoms with Gasteiger partial charge in [-0.1, -0.05) is 12.2 Å². The van der Waals surface area contributed by atoms with E-state index in [1.165, 1.54) is 0 Å². The van der Waals surface area contributed by atoms with Crippen molar-refractivity contribution >= 4 is 28.6 Å². The number of aromatic hydroxyl groups is 1. The van der Waals surface area contributed by atoms with Crippen LogP contribution in [0.4, 0.5) is 11.4 Å². The molecule has 2 rings (SSSR count). The van der Waals surface area contributed by atoms with Crippen LogP contribution in [0.25, 0.3) is 0 Å². The molecule has 0 saturated carbocycles.